The molecule has 0 radical (unpaired) electrons. The summed E-state index contributed by atoms with van der Waals surface area (Å²) in [6, 6.07) is 13.0. The summed E-state index contributed by atoms with van der Waals surface area (Å²) in [5.74, 6) is -1.12. The lowest BCUT2D eigenvalue weighted by Crippen LogP contribution is -2.30. The van der Waals surface area contributed by atoms with E-state index in [1.165, 1.54) is 29.2 Å². The van der Waals surface area contributed by atoms with Crippen molar-refractivity contribution >= 4 is 11.7 Å². The lowest BCUT2D eigenvalue weighted by Gasteiger charge is -2.34. The topological polar surface area (TPSA) is 40.5 Å². The highest BCUT2D eigenvalue weighted by Gasteiger charge is 2.33. The predicted octanol–water partition coefficient (Wildman–Crippen LogP) is 4.79. The van der Waals surface area contributed by atoms with E-state index in [4.69, 9.17) is 0 Å². The molecule has 1 unspecified atom stereocenters. The van der Waals surface area contributed by atoms with E-state index in [2.05, 4.69) is 0 Å². The number of carboxylic acids is 1. The summed E-state index contributed by atoms with van der Waals surface area (Å²) in [5.41, 5.74) is 0.257. The van der Waals surface area contributed by atoms with Gasteiger partial charge >= 0.3 is 12.1 Å². The Kier molecular flexibility index (Phi) is 4.35. The summed E-state index contributed by atoms with van der Waals surface area (Å²) in [6.45, 7) is 0. The highest BCUT2D eigenvalue weighted by atomic mass is 19.4. The molecular formula is C19H14F3NO2. The number of hydrogen-bond donors (Lipinski definition) is 1. The first-order chi connectivity index (χ1) is 11.9. The fourth-order valence-corrected chi connectivity index (χ4v) is 2.81. The number of alkyl halides is 3. The lowest BCUT2D eigenvalue weighted by molar-refractivity contribution is -0.137. The average Bonchev–Trinajstić information content (AvgIpc) is 2.61. The minimum atomic E-state index is -4.47. The van der Waals surface area contributed by atoms with Crippen LogP contribution in [-0.2, 0) is 11.0 Å². The number of anilines is 1. The fourth-order valence-electron chi connectivity index (χ4n) is 2.81. The number of aliphatic carboxylic acids is 1. The summed E-state index contributed by atoms with van der Waals surface area (Å²) >= 11 is 0. The Labute approximate surface area is 142 Å². The van der Waals surface area contributed by atoms with Crippen LogP contribution in [0.1, 0.15) is 17.2 Å². The Balaban J connectivity index is 2.09. The molecule has 0 amide bonds. The molecular weight excluding hydrogens is 331 g/mol. The fraction of sp³-hybridized carbons (Fsp3) is 0.105. The molecule has 1 N–H and O–H groups in total. The van der Waals surface area contributed by atoms with Crippen LogP contribution < -0.4 is 4.90 Å². The van der Waals surface area contributed by atoms with Crippen LogP contribution in [0.25, 0.3) is 0 Å². The lowest BCUT2D eigenvalue weighted by atomic mass is 9.94. The van der Waals surface area contributed by atoms with Gasteiger partial charge < -0.3 is 10.0 Å². The summed E-state index contributed by atoms with van der Waals surface area (Å²) in [4.78, 5) is 13.2. The maximum Gasteiger partial charge on any atom is 0.416 e. The molecule has 25 heavy (non-hydrogen) atoms. The summed E-state index contributed by atoms with van der Waals surface area (Å²) in [7, 11) is 0. The van der Waals surface area contributed by atoms with Crippen LogP contribution in [-0.4, -0.2) is 11.1 Å². The number of halogens is 3. The Morgan fingerprint density at radius 2 is 1.76 bits per heavy atom. The Morgan fingerprint density at radius 1 is 1.04 bits per heavy atom. The minimum absolute atomic E-state index is 0.0890. The molecule has 0 spiro atoms. The van der Waals surface area contributed by atoms with Gasteiger partial charge in [-0.05, 0) is 35.9 Å². The van der Waals surface area contributed by atoms with Gasteiger partial charge in [0.25, 0.3) is 0 Å². The van der Waals surface area contributed by atoms with Crippen molar-refractivity contribution in [1.29, 1.82) is 0 Å². The van der Waals surface area contributed by atoms with Crippen LogP contribution >= 0.6 is 0 Å². The van der Waals surface area contributed by atoms with Gasteiger partial charge in [0.2, 0.25) is 0 Å². The monoisotopic (exact) mass is 345 g/mol. The number of carboxylic acid groups (broad SMARTS) is 1. The van der Waals surface area contributed by atoms with Crippen molar-refractivity contribution in [1.82, 2.24) is 0 Å². The van der Waals surface area contributed by atoms with Crippen molar-refractivity contribution in [3.63, 3.8) is 0 Å². The number of rotatable bonds is 3. The number of carbonyl (C=O) groups is 1. The minimum Gasteiger partial charge on any atom is -0.478 e. The van der Waals surface area contributed by atoms with Crippen LogP contribution in [0, 0.1) is 0 Å². The highest BCUT2D eigenvalue weighted by molar-refractivity contribution is 5.90. The van der Waals surface area contributed by atoms with Crippen LogP contribution in [0.2, 0.25) is 0 Å². The summed E-state index contributed by atoms with van der Waals surface area (Å²) in [6.07, 6.45) is 0.0933. The second kappa shape index (κ2) is 6.47. The maximum atomic E-state index is 13.0. The largest absolute Gasteiger partial charge is 0.478 e. The molecule has 0 fully saturated rings. The smallest absolute Gasteiger partial charge is 0.416 e. The first-order valence-electron chi connectivity index (χ1n) is 7.50. The zero-order chi connectivity index (χ0) is 18.0. The van der Waals surface area contributed by atoms with Crippen LogP contribution in [0.5, 0.6) is 0 Å². The third-order valence-corrected chi connectivity index (χ3v) is 3.93. The molecule has 2 aromatic carbocycles. The van der Waals surface area contributed by atoms with Crippen molar-refractivity contribution in [2.45, 2.75) is 12.2 Å². The molecule has 2 aromatic rings. The molecule has 0 bridgehead atoms. The number of hydrogen-bond acceptors (Lipinski definition) is 2. The van der Waals surface area contributed by atoms with Gasteiger partial charge in [0.05, 0.1) is 17.2 Å². The van der Waals surface area contributed by atoms with Gasteiger partial charge in [0, 0.05) is 11.9 Å². The third-order valence-electron chi connectivity index (χ3n) is 3.93. The molecule has 128 valence electrons. The SMILES string of the molecule is O=C(O)C1=CC=CN(c2cccc(C(F)(F)F)c2)C1c1ccccc1. The molecule has 0 saturated heterocycles. The molecule has 3 nitrogen and oxygen atoms in total. The van der Waals surface area contributed by atoms with Gasteiger partial charge in [-0.3, -0.25) is 0 Å². The zero-order valence-corrected chi connectivity index (χ0v) is 12.9. The number of benzene rings is 2. The Morgan fingerprint density at radius 3 is 2.40 bits per heavy atom. The van der Waals surface area contributed by atoms with E-state index in [-0.39, 0.29) is 11.3 Å². The first kappa shape index (κ1) is 16.8. The molecule has 6 heteroatoms. The van der Waals surface area contributed by atoms with Gasteiger partial charge in [0.1, 0.15) is 0 Å². The van der Waals surface area contributed by atoms with Crippen LogP contribution in [0.4, 0.5) is 18.9 Å². The highest BCUT2D eigenvalue weighted by Crippen LogP contribution is 2.38. The second-order valence-electron chi connectivity index (χ2n) is 5.54. The van der Waals surface area contributed by atoms with Crippen molar-refractivity contribution in [2.75, 3.05) is 4.90 Å². The summed E-state index contributed by atoms with van der Waals surface area (Å²) < 4.78 is 39.1. The first-order valence-corrected chi connectivity index (χ1v) is 7.50. The zero-order valence-electron chi connectivity index (χ0n) is 12.9. The van der Waals surface area contributed by atoms with Gasteiger partial charge in [-0.2, -0.15) is 13.2 Å². The van der Waals surface area contributed by atoms with E-state index in [0.29, 0.717) is 5.56 Å². The number of nitrogens with zero attached hydrogens (tertiary/aromatic N) is 1. The average molecular weight is 345 g/mol. The Bertz CT molecular complexity index is 841. The van der Waals surface area contributed by atoms with Crippen molar-refractivity contribution in [2.24, 2.45) is 0 Å². The standard InChI is InChI=1S/C19H14F3NO2/c20-19(21,22)14-8-4-9-15(12-14)23-11-5-10-16(18(24)25)17(23)13-6-2-1-3-7-13/h1-12,17H,(H,24,25). The quantitative estimate of drug-likeness (QED) is 0.869. The third kappa shape index (κ3) is 3.42. The van der Waals surface area contributed by atoms with Crippen molar-refractivity contribution in [3.05, 3.63) is 89.6 Å². The second-order valence-corrected chi connectivity index (χ2v) is 5.54. The van der Waals surface area contributed by atoms with Gasteiger partial charge in [-0.15, -0.1) is 0 Å². The Hall–Kier alpha value is -3.02. The van der Waals surface area contributed by atoms with Crippen molar-refractivity contribution in [3.8, 4) is 0 Å². The van der Waals surface area contributed by atoms with Crippen LogP contribution in [0.3, 0.4) is 0 Å². The van der Waals surface area contributed by atoms with Gasteiger partial charge in [-0.1, -0.05) is 36.4 Å². The van der Waals surface area contributed by atoms with E-state index in [9.17, 15) is 23.1 Å². The normalized spacial score (nSPS) is 17.3. The molecule has 1 aliphatic rings. The molecule has 0 aliphatic carbocycles. The van der Waals surface area contributed by atoms with E-state index in [1.54, 1.807) is 36.5 Å². The maximum absolute atomic E-state index is 13.0. The molecule has 0 saturated carbocycles. The molecule has 1 atom stereocenters. The van der Waals surface area contributed by atoms with Gasteiger partial charge in [0.15, 0.2) is 0 Å². The molecule has 1 heterocycles. The van der Waals surface area contributed by atoms with Gasteiger partial charge in [-0.25, -0.2) is 4.79 Å². The molecule has 1 aliphatic heterocycles. The van der Waals surface area contributed by atoms with E-state index < -0.39 is 23.8 Å². The van der Waals surface area contributed by atoms with Crippen LogP contribution in [0.15, 0.2) is 78.5 Å². The number of allylic oxidation sites excluding steroid dienone is 2. The molecule has 0 aromatic heterocycles. The van der Waals surface area contributed by atoms with E-state index >= 15 is 0 Å². The van der Waals surface area contributed by atoms with E-state index in [0.717, 1.165) is 12.1 Å². The molecule has 3 rings (SSSR count). The predicted molar refractivity (Wildman–Crippen MR) is 88.0 cm³/mol. The summed E-state index contributed by atoms with van der Waals surface area (Å²) in [5, 5.41) is 9.51. The van der Waals surface area contributed by atoms with Crippen molar-refractivity contribution < 1.29 is 23.1 Å². The van der Waals surface area contributed by atoms with E-state index in [1.807, 2.05) is 0 Å².